The van der Waals surface area contributed by atoms with Gasteiger partial charge in [0.2, 0.25) is 24.4 Å². The molecule has 0 aromatic heterocycles. The Bertz CT molecular complexity index is 1130. The lowest BCUT2D eigenvalue weighted by molar-refractivity contribution is -0.123. The monoisotopic (exact) mass is 455 g/mol. The first-order valence-corrected chi connectivity index (χ1v) is 9.97. The Morgan fingerprint density at radius 3 is 2.52 bits per heavy atom. The maximum absolute atomic E-state index is 13.0. The van der Waals surface area contributed by atoms with Gasteiger partial charge in [-0.05, 0) is 48.4 Å². The third kappa shape index (κ3) is 5.42. The van der Waals surface area contributed by atoms with Crippen LogP contribution in [0.5, 0.6) is 23.0 Å². The summed E-state index contributed by atoms with van der Waals surface area (Å²) >= 11 is 0. The van der Waals surface area contributed by atoms with Gasteiger partial charge < -0.3 is 35.7 Å². The molecule has 1 atom stereocenters. The number of Topliss-reactive ketones (excluding diaryl/α,β-unsaturated/α-hetero) is 1. The number of hydrogen-bond donors (Lipinski definition) is 3. The molecular formula is C23H25N3O7. The number of carbonyl (C=O) groups is 3. The van der Waals surface area contributed by atoms with Crippen molar-refractivity contribution < 1.29 is 33.3 Å². The maximum atomic E-state index is 13.0. The number of nitrogens with one attached hydrogen (secondary N) is 1. The Morgan fingerprint density at radius 2 is 1.85 bits per heavy atom. The minimum Gasteiger partial charge on any atom is -0.495 e. The number of amides is 2. The van der Waals surface area contributed by atoms with Crippen LogP contribution in [-0.2, 0) is 9.59 Å². The minimum absolute atomic E-state index is 0.0571. The Hall–Kier alpha value is -4.05. The van der Waals surface area contributed by atoms with Gasteiger partial charge in [0.25, 0.3) is 0 Å². The van der Waals surface area contributed by atoms with Gasteiger partial charge in [-0.25, -0.2) is 0 Å². The third-order valence-electron chi connectivity index (χ3n) is 4.90. The fourth-order valence-corrected chi connectivity index (χ4v) is 3.25. The lowest BCUT2D eigenvalue weighted by Crippen LogP contribution is -2.39. The second-order valence-corrected chi connectivity index (χ2v) is 7.29. The molecule has 2 aromatic carbocycles. The van der Waals surface area contributed by atoms with Crippen LogP contribution in [0.2, 0.25) is 0 Å². The van der Waals surface area contributed by atoms with E-state index in [1.807, 2.05) is 0 Å². The summed E-state index contributed by atoms with van der Waals surface area (Å²) in [5.41, 5.74) is 12.6. The van der Waals surface area contributed by atoms with E-state index >= 15 is 0 Å². The molecule has 0 bridgehead atoms. The summed E-state index contributed by atoms with van der Waals surface area (Å²) in [6.07, 6.45) is 1.37. The lowest BCUT2D eigenvalue weighted by Gasteiger charge is -2.14. The highest BCUT2D eigenvalue weighted by Gasteiger charge is 2.23. The van der Waals surface area contributed by atoms with E-state index in [1.165, 1.54) is 14.2 Å². The number of allylic oxidation sites excluding steroid dienone is 1. The fraction of sp³-hybridized carbons (Fsp3) is 0.261. The van der Waals surface area contributed by atoms with Crippen LogP contribution in [0.15, 0.2) is 35.9 Å². The van der Waals surface area contributed by atoms with E-state index in [2.05, 4.69) is 5.32 Å². The zero-order chi connectivity index (χ0) is 24.1. The molecule has 3 rings (SSSR count). The molecule has 0 radical (unpaired) electrons. The summed E-state index contributed by atoms with van der Waals surface area (Å²) in [6.45, 7) is 1.73. The van der Waals surface area contributed by atoms with E-state index in [0.717, 1.165) is 0 Å². The molecule has 1 aliphatic rings. The smallest absolute Gasteiger partial charge is 0.241 e. The van der Waals surface area contributed by atoms with E-state index in [0.29, 0.717) is 45.4 Å². The van der Waals surface area contributed by atoms with E-state index in [-0.39, 0.29) is 19.0 Å². The number of ketones is 1. The number of rotatable bonds is 9. The summed E-state index contributed by atoms with van der Waals surface area (Å²) in [6, 6.07) is 7.09. The van der Waals surface area contributed by atoms with Crippen molar-refractivity contribution >= 4 is 29.4 Å². The van der Waals surface area contributed by atoms with Gasteiger partial charge in [-0.1, -0.05) is 6.07 Å². The Morgan fingerprint density at radius 1 is 1.12 bits per heavy atom. The molecule has 0 saturated heterocycles. The first kappa shape index (κ1) is 23.6. The first-order chi connectivity index (χ1) is 15.7. The standard InChI is InChI=1S/C23H25N3O7/c1-12(21(28)14-8-18(31-3)22-19(9-14)32-11-33-22)6-13-4-5-17(30-2)16(7-13)26-23(29)15(24)10-20(25)27/h4-9,15H,10-11,24H2,1-3H3,(H2,25,27)(H,26,29). The lowest BCUT2D eigenvalue weighted by atomic mass is 10.0. The number of anilines is 1. The summed E-state index contributed by atoms with van der Waals surface area (Å²) in [4.78, 5) is 36.3. The zero-order valence-electron chi connectivity index (χ0n) is 18.5. The molecule has 10 heteroatoms. The van der Waals surface area contributed by atoms with Crippen molar-refractivity contribution in [2.75, 3.05) is 26.3 Å². The van der Waals surface area contributed by atoms with Crippen molar-refractivity contribution in [3.8, 4) is 23.0 Å². The van der Waals surface area contributed by atoms with Gasteiger partial charge >= 0.3 is 0 Å². The fourth-order valence-electron chi connectivity index (χ4n) is 3.25. The van der Waals surface area contributed by atoms with Crippen LogP contribution < -0.4 is 35.7 Å². The Balaban J connectivity index is 1.85. The van der Waals surface area contributed by atoms with E-state index in [1.54, 1.807) is 43.3 Å². The molecule has 33 heavy (non-hydrogen) atoms. The molecule has 0 spiro atoms. The van der Waals surface area contributed by atoms with Crippen LogP contribution in [0.4, 0.5) is 5.69 Å². The largest absolute Gasteiger partial charge is 0.495 e. The highest BCUT2D eigenvalue weighted by atomic mass is 16.7. The predicted molar refractivity (Wildman–Crippen MR) is 121 cm³/mol. The zero-order valence-corrected chi connectivity index (χ0v) is 18.5. The molecule has 0 saturated carbocycles. The van der Waals surface area contributed by atoms with Crippen molar-refractivity contribution in [2.45, 2.75) is 19.4 Å². The summed E-state index contributed by atoms with van der Waals surface area (Å²) < 4.78 is 21.3. The highest BCUT2D eigenvalue weighted by molar-refractivity contribution is 6.11. The number of ether oxygens (including phenoxy) is 4. The molecule has 2 amide bonds. The number of carbonyl (C=O) groups excluding carboxylic acids is 3. The van der Waals surface area contributed by atoms with Crippen LogP contribution in [0, 0.1) is 0 Å². The molecule has 2 aromatic rings. The molecule has 1 aliphatic heterocycles. The molecule has 1 unspecified atom stereocenters. The summed E-state index contributed by atoms with van der Waals surface area (Å²) in [5.74, 6) is 0.174. The van der Waals surface area contributed by atoms with Gasteiger partial charge in [0.05, 0.1) is 32.4 Å². The maximum Gasteiger partial charge on any atom is 0.241 e. The van der Waals surface area contributed by atoms with Crippen molar-refractivity contribution in [3.63, 3.8) is 0 Å². The van der Waals surface area contributed by atoms with Crippen LogP contribution in [0.25, 0.3) is 6.08 Å². The second-order valence-electron chi connectivity index (χ2n) is 7.29. The van der Waals surface area contributed by atoms with Crippen molar-refractivity contribution in [2.24, 2.45) is 11.5 Å². The van der Waals surface area contributed by atoms with Gasteiger partial charge in [-0.3, -0.25) is 14.4 Å². The topological polar surface area (TPSA) is 152 Å². The van der Waals surface area contributed by atoms with Gasteiger partial charge in [0.1, 0.15) is 5.75 Å². The van der Waals surface area contributed by atoms with Gasteiger partial charge in [-0.15, -0.1) is 0 Å². The number of hydrogen-bond acceptors (Lipinski definition) is 8. The number of nitrogens with two attached hydrogens (primary N) is 2. The quantitative estimate of drug-likeness (QED) is 0.383. The molecule has 0 aliphatic carbocycles. The minimum atomic E-state index is -1.10. The number of benzene rings is 2. The van der Waals surface area contributed by atoms with Gasteiger partial charge in [0.15, 0.2) is 17.3 Å². The average Bonchev–Trinajstić information content (AvgIpc) is 3.26. The predicted octanol–water partition coefficient (Wildman–Crippen LogP) is 1.86. The van der Waals surface area contributed by atoms with Crippen molar-refractivity contribution in [1.82, 2.24) is 0 Å². The van der Waals surface area contributed by atoms with E-state index < -0.39 is 17.9 Å². The van der Waals surface area contributed by atoms with E-state index in [4.69, 9.17) is 30.4 Å². The van der Waals surface area contributed by atoms with Crippen LogP contribution in [0.1, 0.15) is 29.3 Å². The van der Waals surface area contributed by atoms with Gasteiger partial charge in [-0.2, -0.15) is 0 Å². The number of fused-ring (bicyclic) bond motifs is 1. The summed E-state index contributed by atoms with van der Waals surface area (Å²) in [7, 11) is 2.93. The SMILES string of the molecule is COc1ccc(C=C(C)C(=O)c2cc(OC)c3c(c2)OCO3)cc1NC(=O)C(N)CC(N)=O. The van der Waals surface area contributed by atoms with Crippen molar-refractivity contribution in [1.29, 1.82) is 0 Å². The Kier molecular flexibility index (Phi) is 7.19. The average molecular weight is 455 g/mol. The number of primary amides is 1. The second kappa shape index (κ2) is 10.0. The van der Waals surface area contributed by atoms with Gasteiger partial charge in [0, 0.05) is 5.56 Å². The highest BCUT2D eigenvalue weighted by Crippen LogP contribution is 2.42. The van der Waals surface area contributed by atoms with E-state index in [9.17, 15) is 14.4 Å². The van der Waals surface area contributed by atoms with Crippen LogP contribution in [0.3, 0.4) is 0 Å². The van der Waals surface area contributed by atoms with Crippen molar-refractivity contribution in [3.05, 3.63) is 47.0 Å². The Labute approximate surface area is 190 Å². The third-order valence-corrected chi connectivity index (χ3v) is 4.90. The number of methoxy groups -OCH3 is 2. The molecule has 0 fully saturated rings. The molecule has 174 valence electrons. The van der Waals surface area contributed by atoms with Crippen LogP contribution >= 0.6 is 0 Å². The molecule has 1 heterocycles. The summed E-state index contributed by atoms with van der Waals surface area (Å²) in [5, 5.41) is 2.63. The molecule has 5 N–H and O–H groups in total. The normalized spacial score (nSPS) is 13.3. The van der Waals surface area contributed by atoms with Crippen LogP contribution in [-0.4, -0.2) is 44.7 Å². The molecular weight excluding hydrogens is 430 g/mol. The molecule has 10 nitrogen and oxygen atoms in total. The first-order valence-electron chi connectivity index (χ1n) is 9.97.